The molecule has 2 aromatic carbocycles. The number of benzene rings is 2. The summed E-state index contributed by atoms with van der Waals surface area (Å²) < 4.78 is 18.6. The second-order valence-corrected chi connectivity index (χ2v) is 6.22. The van der Waals surface area contributed by atoms with Crippen molar-refractivity contribution in [2.75, 3.05) is 11.9 Å². The summed E-state index contributed by atoms with van der Waals surface area (Å²) in [6, 6.07) is 11.3. The normalized spacial score (nSPS) is 10.6. The number of amides is 1. The van der Waals surface area contributed by atoms with Crippen molar-refractivity contribution in [1.29, 1.82) is 0 Å². The minimum Gasteiger partial charge on any atom is -0.456 e. The molecule has 1 amide bonds. The molecule has 1 aromatic heterocycles. The van der Waals surface area contributed by atoms with Crippen LogP contribution in [0.4, 0.5) is 10.1 Å². The zero-order chi connectivity index (χ0) is 20.1. The number of esters is 1. The second kappa shape index (κ2) is 8.43. The first-order valence-electron chi connectivity index (χ1n) is 8.62. The Morgan fingerprint density at radius 3 is 2.79 bits per heavy atom. The van der Waals surface area contributed by atoms with Crippen LogP contribution in [0.3, 0.4) is 0 Å². The van der Waals surface area contributed by atoms with Crippen LogP contribution < -0.4 is 10.9 Å². The first kappa shape index (κ1) is 19.2. The lowest BCUT2D eigenvalue weighted by molar-refractivity contribution is -0.147. The number of nitrogens with zero attached hydrogens (tertiary/aromatic N) is 1. The van der Waals surface area contributed by atoms with Gasteiger partial charge >= 0.3 is 5.97 Å². The van der Waals surface area contributed by atoms with Crippen molar-refractivity contribution >= 4 is 28.5 Å². The molecular weight excluding hydrogens is 365 g/mol. The molecule has 0 spiro atoms. The molecule has 8 heteroatoms. The number of aryl methyl sites for hydroxylation is 2. The predicted octanol–water partition coefficient (Wildman–Crippen LogP) is 2.49. The third-order valence-corrected chi connectivity index (χ3v) is 3.99. The Morgan fingerprint density at radius 2 is 2.00 bits per heavy atom. The third-order valence-electron chi connectivity index (χ3n) is 3.99. The monoisotopic (exact) mass is 383 g/mol. The summed E-state index contributed by atoms with van der Waals surface area (Å²) >= 11 is 0. The molecule has 144 valence electrons. The van der Waals surface area contributed by atoms with E-state index >= 15 is 0 Å². The van der Waals surface area contributed by atoms with E-state index in [1.807, 2.05) is 0 Å². The summed E-state index contributed by atoms with van der Waals surface area (Å²) in [5, 5.41) is 2.81. The number of hydrogen-bond acceptors (Lipinski definition) is 5. The average Bonchev–Trinajstić information content (AvgIpc) is 2.67. The number of nitrogens with one attached hydrogen (secondary N) is 2. The molecule has 0 saturated carbocycles. The fourth-order valence-electron chi connectivity index (χ4n) is 2.60. The summed E-state index contributed by atoms with van der Waals surface area (Å²) in [4.78, 5) is 42.5. The fourth-order valence-corrected chi connectivity index (χ4v) is 2.60. The number of H-pyrrole nitrogens is 1. The van der Waals surface area contributed by atoms with Gasteiger partial charge in [0.25, 0.3) is 11.5 Å². The van der Waals surface area contributed by atoms with E-state index in [0.29, 0.717) is 16.7 Å². The topological polar surface area (TPSA) is 101 Å². The lowest BCUT2D eigenvalue weighted by Gasteiger charge is -2.08. The first-order chi connectivity index (χ1) is 13.4. The van der Waals surface area contributed by atoms with E-state index in [1.165, 1.54) is 12.1 Å². The molecule has 0 fully saturated rings. The molecule has 2 N–H and O–H groups in total. The maximum Gasteiger partial charge on any atom is 0.306 e. The number of ether oxygens (including phenoxy) is 1. The van der Waals surface area contributed by atoms with Crippen molar-refractivity contribution in [2.45, 2.75) is 19.8 Å². The van der Waals surface area contributed by atoms with Gasteiger partial charge in [-0.1, -0.05) is 18.2 Å². The average molecular weight is 383 g/mol. The van der Waals surface area contributed by atoms with Gasteiger partial charge < -0.3 is 15.0 Å². The Balaban J connectivity index is 1.50. The molecule has 0 aliphatic carbocycles. The molecule has 0 atom stereocenters. The second-order valence-electron chi connectivity index (χ2n) is 6.22. The number of para-hydroxylation sites is 1. The van der Waals surface area contributed by atoms with Crippen LogP contribution in [0.2, 0.25) is 0 Å². The SMILES string of the molecule is Cc1ccc(NC(=O)COC(=O)CCc2nc3ccccc3c(=O)[nH]2)c(F)c1. The van der Waals surface area contributed by atoms with Crippen LogP contribution in [0.1, 0.15) is 17.8 Å². The molecule has 0 aliphatic heterocycles. The Bertz CT molecular complexity index is 1090. The third kappa shape index (κ3) is 4.79. The van der Waals surface area contributed by atoms with Crippen LogP contribution in [-0.2, 0) is 20.7 Å². The van der Waals surface area contributed by atoms with Gasteiger partial charge in [-0.05, 0) is 36.8 Å². The zero-order valence-corrected chi connectivity index (χ0v) is 15.1. The highest BCUT2D eigenvalue weighted by atomic mass is 19.1. The quantitative estimate of drug-likeness (QED) is 0.637. The van der Waals surface area contributed by atoms with E-state index in [1.54, 1.807) is 37.3 Å². The number of aromatic amines is 1. The fraction of sp³-hybridized carbons (Fsp3) is 0.200. The first-order valence-corrected chi connectivity index (χ1v) is 8.62. The maximum atomic E-state index is 13.7. The molecule has 3 aromatic rings. The van der Waals surface area contributed by atoms with E-state index < -0.39 is 24.3 Å². The van der Waals surface area contributed by atoms with Crippen LogP contribution >= 0.6 is 0 Å². The van der Waals surface area contributed by atoms with Crippen LogP contribution in [0.15, 0.2) is 47.3 Å². The minimum absolute atomic E-state index is 0.0181. The Labute approximate surface area is 159 Å². The number of aromatic nitrogens is 2. The van der Waals surface area contributed by atoms with E-state index in [9.17, 15) is 18.8 Å². The number of hydrogen-bond donors (Lipinski definition) is 2. The highest BCUT2D eigenvalue weighted by Gasteiger charge is 2.12. The largest absolute Gasteiger partial charge is 0.456 e. The van der Waals surface area contributed by atoms with Crippen molar-refractivity contribution in [1.82, 2.24) is 9.97 Å². The van der Waals surface area contributed by atoms with Crippen LogP contribution in [0.5, 0.6) is 0 Å². The molecule has 0 aliphatic rings. The van der Waals surface area contributed by atoms with Crippen LogP contribution in [0.25, 0.3) is 10.9 Å². The van der Waals surface area contributed by atoms with Crippen molar-refractivity contribution in [3.63, 3.8) is 0 Å². The summed E-state index contributed by atoms with van der Waals surface area (Å²) in [6.45, 7) is 1.20. The zero-order valence-electron chi connectivity index (χ0n) is 15.1. The molecule has 0 saturated heterocycles. The van der Waals surface area contributed by atoms with Crippen molar-refractivity contribution in [2.24, 2.45) is 0 Å². The van der Waals surface area contributed by atoms with Crippen molar-refractivity contribution in [3.8, 4) is 0 Å². The maximum absolute atomic E-state index is 13.7. The highest BCUT2D eigenvalue weighted by molar-refractivity contribution is 5.92. The van der Waals surface area contributed by atoms with Gasteiger partial charge in [-0.3, -0.25) is 14.4 Å². The Morgan fingerprint density at radius 1 is 1.21 bits per heavy atom. The number of carbonyl (C=O) groups excluding carboxylic acids is 2. The Kier molecular flexibility index (Phi) is 5.78. The number of fused-ring (bicyclic) bond motifs is 1. The van der Waals surface area contributed by atoms with Gasteiger partial charge in [0.15, 0.2) is 6.61 Å². The minimum atomic E-state index is -0.645. The highest BCUT2D eigenvalue weighted by Crippen LogP contribution is 2.15. The van der Waals surface area contributed by atoms with Gasteiger partial charge in [0.1, 0.15) is 11.6 Å². The van der Waals surface area contributed by atoms with E-state index in [4.69, 9.17) is 4.74 Å². The van der Waals surface area contributed by atoms with Gasteiger partial charge in [0.05, 0.1) is 23.0 Å². The predicted molar refractivity (Wildman–Crippen MR) is 101 cm³/mol. The molecule has 3 rings (SSSR count). The molecule has 1 heterocycles. The standard InChI is InChI=1S/C20H18FN3O4/c1-12-6-7-16(14(21)10-12)23-18(25)11-28-19(26)9-8-17-22-15-5-3-2-4-13(15)20(27)24-17/h2-7,10H,8-9,11H2,1H3,(H,23,25)(H,22,24,27). The van der Waals surface area contributed by atoms with Gasteiger partial charge in [-0.15, -0.1) is 0 Å². The number of rotatable bonds is 6. The summed E-state index contributed by atoms with van der Waals surface area (Å²) in [6.07, 6.45) is 0.0978. The van der Waals surface area contributed by atoms with Gasteiger partial charge in [0, 0.05) is 6.42 Å². The summed E-state index contributed by atoms with van der Waals surface area (Å²) in [5.41, 5.74) is 0.995. The van der Waals surface area contributed by atoms with Crippen molar-refractivity contribution < 1.29 is 18.7 Å². The summed E-state index contributed by atoms with van der Waals surface area (Å²) in [7, 11) is 0. The smallest absolute Gasteiger partial charge is 0.306 e. The molecule has 0 bridgehead atoms. The lowest BCUT2D eigenvalue weighted by Crippen LogP contribution is -2.22. The molecule has 7 nitrogen and oxygen atoms in total. The van der Waals surface area contributed by atoms with E-state index in [2.05, 4.69) is 15.3 Å². The summed E-state index contributed by atoms with van der Waals surface area (Å²) in [5.74, 6) is -1.48. The molecule has 0 unspecified atom stereocenters. The molecule has 28 heavy (non-hydrogen) atoms. The van der Waals surface area contributed by atoms with Gasteiger partial charge in [-0.2, -0.15) is 0 Å². The molecule has 0 radical (unpaired) electrons. The Hall–Kier alpha value is -3.55. The van der Waals surface area contributed by atoms with Gasteiger partial charge in [0.2, 0.25) is 0 Å². The molecular formula is C20H18FN3O4. The van der Waals surface area contributed by atoms with E-state index in [-0.39, 0.29) is 24.1 Å². The number of anilines is 1. The number of halogens is 1. The van der Waals surface area contributed by atoms with E-state index in [0.717, 1.165) is 5.56 Å². The number of carbonyl (C=O) groups is 2. The van der Waals surface area contributed by atoms with Crippen LogP contribution in [0, 0.1) is 12.7 Å². The van der Waals surface area contributed by atoms with Gasteiger partial charge in [-0.25, -0.2) is 9.37 Å². The van der Waals surface area contributed by atoms with Crippen LogP contribution in [-0.4, -0.2) is 28.5 Å². The lowest BCUT2D eigenvalue weighted by atomic mass is 10.2. The van der Waals surface area contributed by atoms with Crippen molar-refractivity contribution in [3.05, 3.63) is 70.0 Å².